The highest BCUT2D eigenvalue weighted by molar-refractivity contribution is 4.87. The summed E-state index contributed by atoms with van der Waals surface area (Å²) in [7, 11) is 0. The van der Waals surface area contributed by atoms with Gasteiger partial charge in [0.2, 0.25) is 0 Å². The highest BCUT2D eigenvalue weighted by atomic mass is 19.4. The van der Waals surface area contributed by atoms with E-state index in [2.05, 4.69) is 17.1 Å². The van der Waals surface area contributed by atoms with Gasteiger partial charge >= 0.3 is 6.18 Å². The highest BCUT2D eigenvalue weighted by Gasteiger charge is 2.41. The summed E-state index contributed by atoms with van der Waals surface area (Å²) in [6.45, 7) is 5.42. The van der Waals surface area contributed by atoms with Crippen molar-refractivity contribution < 1.29 is 13.2 Å². The molecule has 1 N–H and O–H groups in total. The van der Waals surface area contributed by atoms with Crippen LogP contribution in [0.5, 0.6) is 0 Å². The smallest absolute Gasteiger partial charge is 0.314 e. The van der Waals surface area contributed by atoms with Crippen LogP contribution in [0, 0.1) is 11.8 Å². The molecular formula is C15H27F3N2. The Kier molecular flexibility index (Phi) is 5.73. The van der Waals surface area contributed by atoms with Crippen LogP contribution in [-0.4, -0.2) is 43.3 Å². The van der Waals surface area contributed by atoms with E-state index in [-0.39, 0.29) is 12.8 Å². The van der Waals surface area contributed by atoms with Crippen LogP contribution in [0.1, 0.15) is 45.4 Å². The van der Waals surface area contributed by atoms with Crippen LogP contribution in [0.15, 0.2) is 0 Å². The molecule has 0 aromatic carbocycles. The fourth-order valence-electron chi connectivity index (χ4n) is 3.63. The molecule has 2 unspecified atom stereocenters. The Balaban J connectivity index is 1.74. The lowest BCUT2D eigenvalue weighted by atomic mass is 9.94. The molecule has 2 atom stereocenters. The molecule has 1 aliphatic carbocycles. The molecule has 0 bridgehead atoms. The molecule has 118 valence electrons. The van der Waals surface area contributed by atoms with Gasteiger partial charge in [0, 0.05) is 12.6 Å². The fraction of sp³-hybridized carbons (Fsp3) is 1.00. The van der Waals surface area contributed by atoms with E-state index in [0.29, 0.717) is 25.0 Å². The molecular weight excluding hydrogens is 265 g/mol. The quantitative estimate of drug-likeness (QED) is 0.835. The molecule has 2 nitrogen and oxygen atoms in total. The Hall–Kier alpha value is -0.290. The second kappa shape index (κ2) is 7.12. The summed E-state index contributed by atoms with van der Waals surface area (Å²) in [5.74, 6) is -0.444. The maximum absolute atomic E-state index is 12.6. The van der Waals surface area contributed by atoms with Crippen molar-refractivity contribution in [2.45, 2.75) is 57.7 Å². The molecule has 2 fully saturated rings. The SMILES string of the molecule is CCCNC1CCCC1CN1CCC(C(F)(F)F)CC1. The van der Waals surface area contributed by atoms with E-state index in [1.165, 1.54) is 19.3 Å². The zero-order valence-corrected chi connectivity index (χ0v) is 12.4. The minimum atomic E-state index is -4.00. The Morgan fingerprint density at radius 1 is 1.10 bits per heavy atom. The standard InChI is InChI=1S/C15H27F3N2/c1-2-8-19-14-5-3-4-12(14)11-20-9-6-13(7-10-20)15(16,17)18/h12-14,19H,2-11H2,1H3. The van der Waals surface area contributed by atoms with Crippen LogP contribution in [0.4, 0.5) is 13.2 Å². The molecule has 0 amide bonds. The van der Waals surface area contributed by atoms with E-state index in [4.69, 9.17) is 0 Å². The second-order valence-electron chi connectivity index (χ2n) is 6.37. The first kappa shape index (κ1) is 16.1. The number of likely N-dealkylation sites (tertiary alicyclic amines) is 1. The van der Waals surface area contributed by atoms with E-state index in [1.807, 2.05) is 0 Å². The van der Waals surface area contributed by atoms with Gasteiger partial charge in [0.25, 0.3) is 0 Å². The van der Waals surface area contributed by atoms with Crippen molar-refractivity contribution in [2.75, 3.05) is 26.2 Å². The Labute approximate surface area is 120 Å². The first-order valence-corrected chi connectivity index (χ1v) is 8.03. The minimum Gasteiger partial charge on any atom is -0.314 e. The molecule has 5 heteroatoms. The maximum Gasteiger partial charge on any atom is 0.391 e. The van der Waals surface area contributed by atoms with Gasteiger partial charge in [-0.2, -0.15) is 13.2 Å². The third-order valence-electron chi connectivity index (χ3n) is 4.86. The zero-order chi connectivity index (χ0) is 14.6. The van der Waals surface area contributed by atoms with Crippen LogP contribution >= 0.6 is 0 Å². The van der Waals surface area contributed by atoms with Gasteiger partial charge in [0.1, 0.15) is 0 Å². The predicted molar refractivity (Wildman–Crippen MR) is 74.6 cm³/mol. The van der Waals surface area contributed by atoms with Crippen molar-refractivity contribution in [3.8, 4) is 0 Å². The summed E-state index contributed by atoms with van der Waals surface area (Å²) in [6, 6.07) is 0.579. The number of rotatable bonds is 5. The average Bonchev–Trinajstić information content (AvgIpc) is 2.83. The number of alkyl halides is 3. The normalized spacial score (nSPS) is 30.0. The Morgan fingerprint density at radius 2 is 1.80 bits per heavy atom. The first-order valence-electron chi connectivity index (χ1n) is 8.03. The predicted octanol–water partition coefficient (Wildman–Crippen LogP) is 3.43. The van der Waals surface area contributed by atoms with E-state index in [9.17, 15) is 13.2 Å². The van der Waals surface area contributed by atoms with Crippen LogP contribution in [0.2, 0.25) is 0 Å². The molecule has 1 saturated heterocycles. The molecule has 0 aromatic rings. The van der Waals surface area contributed by atoms with Crippen molar-refractivity contribution in [1.82, 2.24) is 10.2 Å². The molecule has 0 spiro atoms. The van der Waals surface area contributed by atoms with Gasteiger partial charge in [-0.25, -0.2) is 0 Å². The second-order valence-corrected chi connectivity index (χ2v) is 6.37. The number of piperidine rings is 1. The molecule has 0 radical (unpaired) electrons. The van der Waals surface area contributed by atoms with Crippen LogP contribution in [0.25, 0.3) is 0 Å². The molecule has 1 aliphatic heterocycles. The highest BCUT2D eigenvalue weighted by Crippen LogP contribution is 2.35. The lowest BCUT2D eigenvalue weighted by Gasteiger charge is -2.35. The fourth-order valence-corrected chi connectivity index (χ4v) is 3.63. The van der Waals surface area contributed by atoms with E-state index in [1.54, 1.807) is 0 Å². The maximum atomic E-state index is 12.6. The van der Waals surface area contributed by atoms with Gasteiger partial charge in [-0.1, -0.05) is 13.3 Å². The summed E-state index contributed by atoms with van der Waals surface area (Å²) in [6.07, 6.45) is 1.41. The lowest BCUT2D eigenvalue weighted by Crippen LogP contribution is -2.44. The van der Waals surface area contributed by atoms with Crippen molar-refractivity contribution in [1.29, 1.82) is 0 Å². The van der Waals surface area contributed by atoms with Gasteiger partial charge in [0.05, 0.1) is 5.92 Å². The summed E-state index contributed by atoms with van der Waals surface area (Å²) in [4.78, 5) is 2.25. The average molecular weight is 292 g/mol. The molecule has 2 rings (SSSR count). The number of halogens is 3. The van der Waals surface area contributed by atoms with E-state index >= 15 is 0 Å². The van der Waals surface area contributed by atoms with Gasteiger partial charge < -0.3 is 10.2 Å². The molecule has 1 saturated carbocycles. The summed E-state index contributed by atoms with van der Waals surface area (Å²) in [5, 5.41) is 3.60. The van der Waals surface area contributed by atoms with Crippen molar-refractivity contribution in [2.24, 2.45) is 11.8 Å². The third-order valence-corrected chi connectivity index (χ3v) is 4.86. The van der Waals surface area contributed by atoms with Crippen LogP contribution < -0.4 is 5.32 Å². The Morgan fingerprint density at radius 3 is 2.40 bits per heavy atom. The van der Waals surface area contributed by atoms with Gasteiger partial charge in [0.15, 0.2) is 0 Å². The largest absolute Gasteiger partial charge is 0.391 e. The number of nitrogens with one attached hydrogen (secondary N) is 1. The monoisotopic (exact) mass is 292 g/mol. The number of hydrogen-bond acceptors (Lipinski definition) is 2. The molecule has 2 aliphatic rings. The van der Waals surface area contributed by atoms with Gasteiger partial charge in [-0.3, -0.25) is 0 Å². The topological polar surface area (TPSA) is 15.3 Å². The van der Waals surface area contributed by atoms with E-state index < -0.39 is 12.1 Å². The summed E-state index contributed by atoms with van der Waals surface area (Å²) < 4.78 is 37.9. The molecule has 1 heterocycles. The molecule has 0 aromatic heterocycles. The van der Waals surface area contributed by atoms with Crippen molar-refractivity contribution in [3.63, 3.8) is 0 Å². The number of nitrogens with zero attached hydrogens (tertiary/aromatic N) is 1. The summed E-state index contributed by atoms with van der Waals surface area (Å²) in [5.41, 5.74) is 0. The molecule has 20 heavy (non-hydrogen) atoms. The first-order chi connectivity index (χ1) is 9.50. The number of hydrogen-bond donors (Lipinski definition) is 1. The van der Waals surface area contributed by atoms with Crippen LogP contribution in [-0.2, 0) is 0 Å². The van der Waals surface area contributed by atoms with Crippen molar-refractivity contribution >= 4 is 0 Å². The van der Waals surface area contributed by atoms with E-state index in [0.717, 1.165) is 19.5 Å². The lowest BCUT2D eigenvalue weighted by molar-refractivity contribution is -0.185. The zero-order valence-electron chi connectivity index (χ0n) is 12.4. The van der Waals surface area contributed by atoms with Crippen molar-refractivity contribution in [3.05, 3.63) is 0 Å². The summed E-state index contributed by atoms with van der Waals surface area (Å²) >= 11 is 0. The Bertz CT molecular complexity index is 285. The van der Waals surface area contributed by atoms with Gasteiger partial charge in [-0.05, 0) is 57.7 Å². The van der Waals surface area contributed by atoms with Gasteiger partial charge in [-0.15, -0.1) is 0 Å². The third kappa shape index (κ3) is 4.35. The minimum absolute atomic E-state index is 0.281. The van der Waals surface area contributed by atoms with Crippen LogP contribution in [0.3, 0.4) is 0 Å².